The number of thiazole rings is 1. The third kappa shape index (κ3) is 4.82. The molecule has 0 fully saturated rings. The second-order valence-corrected chi connectivity index (χ2v) is 10.6. The van der Waals surface area contributed by atoms with Gasteiger partial charge in [0.2, 0.25) is 10.0 Å². The minimum Gasteiger partial charge on any atom is -0.494 e. The molecule has 4 rings (SSSR count). The highest BCUT2D eigenvalue weighted by Crippen LogP contribution is 2.34. The molecule has 0 aliphatic carbocycles. The van der Waals surface area contributed by atoms with Gasteiger partial charge < -0.3 is 4.74 Å². The van der Waals surface area contributed by atoms with E-state index in [1.165, 1.54) is 39.9 Å². The number of carbonyl (C=O) groups is 1. The fraction of sp³-hybridized carbons (Fsp3) is 0.200. The van der Waals surface area contributed by atoms with Crippen LogP contribution in [0.4, 0.5) is 5.13 Å². The van der Waals surface area contributed by atoms with E-state index in [2.05, 4.69) is 10.3 Å². The summed E-state index contributed by atoms with van der Waals surface area (Å²) in [5, 5.41) is 3.25. The molecule has 176 valence electrons. The number of ether oxygens (including phenoxy) is 1. The topological polar surface area (TPSA) is 88.6 Å². The number of nitrogens with zero attached hydrogens (tertiary/aromatic N) is 2. The summed E-state index contributed by atoms with van der Waals surface area (Å²) in [6, 6.07) is 19.2. The maximum atomic E-state index is 13.1. The highest BCUT2D eigenvalue weighted by molar-refractivity contribution is 7.89. The highest BCUT2D eigenvalue weighted by atomic mass is 32.2. The van der Waals surface area contributed by atoms with Crippen LogP contribution in [0.25, 0.3) is 10.2 Å². The monoisotopic (exact) mass is 495 g/mol. The zero-order valence-electron chi connectivity index (χ0n) is 19.1. The van der Waals surface area contributed by atoms with Crippen LogP contribution in [0.1, 0.15) is 28.4 Å². The zero-order valence-corrected chi connectivity index (χ0v) is 20.7. The molecule has 34 heavy (non-hydrogen) atoms. The molecule has 0 unspecified atom stereocenters. The van der Waals surface area contributed by atoms with Crippen molar-refractivity contribution in [1.82, 2.24) is 9.29 Å². The Labute approximate surface area is 203 Å². The molecule has 0 atom stereocenters. The average Bonchev–Trinajstić information content (AvgIpc) is 3.28. The Morgan fingerprint density at radius 1 is 1.06 bits per heavy atom. The van der Waals surface area contributed by atoms with Crippen molar-refractivity contribution in [3.8, 4) is 5.75 Å². The maximum Gasteiger partial charge on any atom is 0.257 e. The Morgan fingerprint density at radius 3 is 2.41 bits per heavy atom. The van der Waals surface area contributed by atoms with Crippen LogP contribution < -0.4 is 10.1 Å². The molecule has 7 nitrogen and oxygen atoms in total. The maximum absolute atomic E-state index is 13.1. The van der Waals surface area contributed by atoms with Crippen molar-refractivity contribution in [2.45, 2.75) is 25.3 Å². The summed E-state index contributed by atoms with van der Waals surface area (Å²) in [5.41, 5.74) is 2.99. The molecule has 1 N–H and O–H groups in total. The Bertz CT molecular complexity index is 1420. The molecule has 1 amide bonds. The summed E-state index contributed by atoms with van der Waals surface area (Å²) < 4.78 is 34.0. The molecule has 1 heterocycles. The number of fused-ring (bicyclic) bond motifs is 1. The Kier molecular flexibility index (Phi) is 6.97. The highest BCUT2D eigenvalue weighted by Gasteiger charge is 2.23. The molecular weight excluding hydrogens is 470 g/mol. The van der Waals surface area contributed by atoms with Crippen LogP contribution in [0, 0.1) is 6.92 Å². The number of aromatic nitrogens is 1. The summed E-state index contributed by atoms with van der Waals surface area (Å²) in [6.07, 6.45) is 0. The SMILES string of the molecule is CCN(Cc1ccccc1)S(=O)(=O)c1ccc(C(=O)Nc2nc3c(OC)ccc(C)c3s2)cc1. The summed E-state index contributed by atoms with van der Waals surface area (Å²) in [7, 11) is -2.12. The lowest BCUT2D eigenvalue weighted by Gasteiger charge is -2.20. The first kappa shape index (κ1) is 23.9. The minimum absolute atomic E-state index is 0.141. The van der Waals surface area contributed by atoms with Gasteiger partial charge in [-0.25, -0.2) is 13.4 Å². The number of sulfonamides is 1. The third-order valence-electron chi connectivity index (χ3n) is 5.45. The van der Waals surface area contributed by atoms with E-state index in [9.17, 15) is 13.2 Å². The molecule has 4 aromatic rings. The number of anilines is 1. The van der Waals surface area contributed by atoms with Crippen LogP contribution >= 0.6 is 11.3 Å². The van der Waals surface area contributed by atoms with E-state index in [0.717, 1.165) is 15.8 Å². The fourth-order valence-electron chi connectivity index (χ4n) is 3.58. The summed E-state index contributed by atoms with van der Waals surface area (Å²) in [5.74, 6) is 0.277. The van der Waals surface area contributed by atoms with Gasteiger partial charge in [0.05, 0.1) is 16.7 Å². The van der Waals surface area contributed by atoms with Gasteiger partial charge in [-0.05, 0) is 48.4 Å². The summed E-state index contributed by atoms with van der Waals surface area (Å²) in [6.45, 7) is 4.39. The number of rotatable bonds is 8. The van der Waals surface area contributed by atoms with Crippen molar-refractivity contribution >= 4 is 42.6 Å². The predicted octanol–water partition coefficient (Wildman–Crippen LogP) is 5.08. The summed E-state index contributed by atoms with van der Waals surface area (Å²) in [4.78, 5) is 17.4. The van der Waals surface area contributed by atoms with Crippen molar-refractivity contribution in [2.75, 3.05) is 19.0 Å². The lowest BCUT2D eigenvalue weighted by molar-refractivity contribution is 0.102. The molecule has 0 aliphatic heterocycles. The summed E-state index contributed by atoms with van der Waals surface area (Å²) >= 11 is 1.37. The van der Waals surface area contributed by atoms with E-state index in [1.807, 2.05) is 49.4 Å². The van der Waals surface area contributed by atoms with Gasteiger partial charge in [-0.1, -0.05) is 54.7 Å². The number of aryl methyl sites for hydroxylation is 1. The second-order valence-electron chi connectivity index (χ2n) is 7.68. The van der Waals surface area contributed by atoms with Crippen molar-refractivity contribution < 1.29 is 17.9 Å². The predicted molar refractivity (Wildman–Crippen MR) is 135 cm³/mol. The van der Waals surface area contributed by atoms with E-state index in [4.69, 9.17) is 4.74 Å². The second kappa shape index (κ2) is 9.92. The van der Waals surface area contributed by atoms with Crippen molar-refractivity contribution in [3.05, 3.63) is 83.4 Å². The fourth-order valence-corrected chi connectivity index (χ4v) is 5.96. The van der Waals surface area contributed by atoms with Crippen LogP contribution in [0.15, 0.2) is 71.6 Å². The number of amides is 1. The van der Waals surface area contributed by atoms with E-state index in [0.29, 0.717) is 28.5 Å². The quantitative estimate of drug-likeness (QED) is 0.368. The van der Waals surface area contributed by atoms with Crippen LogP contribution in [0.5, 0.6) is 5.75 Å². The van der Waals surface area contributed by atoms with Gasteiger partial charge in [-0.2, -0.15) is 4.31 Å². The molecule has 3 aromatic carbocycles. The molecule has 1 aromatic heterocycles. The van der Waals surface area contributed by atoms with Crippen LogP contribution in [-0.4, -0.2) is 37.3 Å². The molecule has 0 saturated heterocycles. The van der Waals surface area contributed by atoms with Crippen LogP contribution in [-0.2, 0) is 16.6 Å². The minimum atomic E-state index is -3.70. The first-order chi connectivity index (χ1) is 16.3. The van der Waals surface area contributed by atoms with Crippen molar-refractivity contribution in [2.24, 2.45) is 0 Å². The molecular formula is C25H25N3O4S2. The number of hydrogen-bond acceptors (Lipinski definition) is 6. The first-order valence-electron chi connectivity index (χ1n) is 10.7. The molecule has 0 aliphatic rings. The van der Waals surface area contributed by atoms with Gasteiger partial charge in [0, 0.05) is 18.7 Å². The van der Waals surface area contributed by atoms with Gasteiger partial charge in [0.1, 0.15) is 11.3 Å². The molecule has 0 spiro atoms. The van der Waals surface area contributed by atoms with E-state index in [-0.39, 0.29) is 17.3 Å². The number of benzene rings is 3. The van der Waals surface area contributed by atoms with E-state index in [1.54, 1.807) is 14.0 Å². The van der Waals surface area contributed by atoms with E-state index < -0.39 is 10.0 Å². The van der Waals surface area contributed by atoms with Gasteiger partial charge in [0.15, 0.2) is 5.13 Å². The number of hydrogen-bond donors (Lipinski definition) is 1. The third-order valence-corrected chi connectivity index (χ3v) is 8.49. The van der Waals surface area contributed by atoms with Crippen molar-refractivity contribution in [3.63, 3.8) is 0 Å². The smallest absolute Gasteiger partial charge is 0.257 e. The number of nitrogens with one attached hydrogen (secondary N) is 1. The number of carbonyl (C=O) groups excluding carboxylic acids is 1. The molecule has 0 saturated carbocycles. The van der Waals surface area contributed by atoms with Gasteiger partial charge in [0.25, 0.3) is 5.91 Å². The van der Waals surface area contributed by atoms with Gasteiger partial charge in [-0.3, -0.25) is 10.1 Å². The normalized spacial score (nSPS) is 11.6. The molecule has 9 heteroatoms. The van der Waals surface area contributed by atoms with E-state index >= 15 is 0 Å². The first-order valence-corrected chi connectivity index (χ1v) is 13.0. The van der Waals surface area contributed by atoms with Crippen LogP contribution in [0.2, 0.25) is 0 Å². The van der Waals surface area contributed by atoms with Crippen molar-refractivity contribution in [1.29, 1.82) is 0 Å². The largest absolute Gasteiger partial charge is 0.494 e. The molecule has 0 bridgehead atoms. The Balaban J connectivity index is 1.52. The average molecular weight is 496 g/mol. The van der Waals surface area contributed by atoms with Gasteiger partial charge >= 0.3 is 0 Å². The number of methoxy groups -OCH3 is 1. The molecule has 0 radical (unpaired) electrons. The van der Waals surface area contributed by atoms with Gasteiger partial charge in [-0.15, -0.1) is 0 Å². The lowest BCUT2D eigenvalue weighted by Crippen LogP contribution is -2.30. The van der Waals surface area contributed by atoms with Crippen LogP contribution in [0.3, 0.4) is 0 Å². The standard InChI is InChI=1S/C25H25N3O4S2/c1-4-28(16-18-8-6-5-7-9-18)34(30,31)20-13-11-19(12-14-20)24(29)27-25-26-22-21(32-3)15-10-17(2)23(22)33-25/h5-15H,4,16H2,1-3H3,(H,26,27,29). The lowest BCUT2D eigenvalue weighted by atomic mass is 10.2. The zero-order chi connectivity index (χ0) is 24.3. The Morgan fingerprint density at radius 2 is 1.76 bits per heavy atom. The Hall–Kier alpha value is -3.27.